The fourth-order valence-corrected chi connectivity index (χ4v) is 6.09. The molecule has 2 N–H and O–H groups in total. The molecule has 0 spiro atoms. The van der Waals surface area contributed by atoms with Gasteiger partial charge in [0.25, 0.3) is 0 Å². The van der Waals surface area contributed by atoms with Gasteiger partial charge in [-0.3, -0.25) is 9.59 Å². The second kappa shape index (κ2) is 10.0. The second-order valence-electron chi connectivity index (χ2n) is 9.49. The van der Waals surface area contributed by atoms with E-state index in [4.69, 9.17) is 23.2 Å². The van der Waals surface area contributed by atoms with E-state index in [1.165, 1.54) is 0 Å². The quantitative estimate of drug-likeness (QED) is 0.257. The van der Waals surface area contributed by atoms with Gasteiger partial charge in [-0.05, 0) is 81.6 Å². The minimum Gasteiger partial charge on any atom is -0.481 e. The lowest BCUT2D eigenvalue weighted by atomic mass is 9.68. The van der Waals surface area contributed by atoms with Crippen LogP contribution in [0.25, 0.3) is 11.1 Å². The Morgan fingerprint density at radius 3 is 1.41 bits per heavy atom. The molecule has 0 radical (unpaired) electrons. The monoisotopic (exact) mass is 530 g/mol. The molecule has 0 unspecified atom stereocenters. The van der Waals surface area contributed by atoms with Gasteiger partial charge in [0.1, 0.15) is 0 Å². The highest BCUT2D eigenvalue weighted by Crippen LogP contribution is 2.52. The first-order valence-electron chi connectivity index (χ1n) is 11.9. The number of carboxylic acid groups (broad SMARTS) is 2. The topological polar surface area (TPSA) is 74.6 Å². The number of fused-ring (bicyclic) bond motifs is 3. The molecule has 1 aliphatic carbocycles. The van der Waals surface area contributed by atoms with Crippen LogP contribution in [-0.4, -0.2) is 22.2 Å². The first kappa shape index (κ1) is 25.1. The zero-order valence-electron chi connectivity index (χ0n) is 19.9. The van der Waals surface area contributed by atoms with Gasteiger partial charge in [0.15, 0.2) is 0 Å². The normalized spacial score (nSPS) is 13.1. The van der Waals surface area contributed by atoms with Crippen LogP contribution in [0.2, 0.25) is 10.0 Å². The molecule has 5 rings (SSSR count). The number of aliphatic carboxylic acids is 2. The summed E-state index contributed by atoms with van der Waals surface area (Å²) in [6.45, 7) is 0. The van der Waals surface area contributed by atoms with Crippen LogP contribution in [0.15, 0.2) is 84.9 Å². The lowest BCUT2D eigenvalue weighted by Crippen LogP contribution is -2.32. The summed E-state index contributed by atoms with van der Waals surface area (Å²) in [7, 11) is 0. The molecular weight excluding hydrogens is 507 g/mol. The summed E-state index contributed by atoms with van der Waals surface area (Å²) in [5.74, 6) is -1.85. The van der Waals surface area contributed by atoms with E-state index >= 15 is 0 Å². The molecule has 0 saturated carbocycles. The van der Waals surface area contributed by atoms with Crippen LogP contribution in [0.3, 0.4) is 0 Å². The zero-order chi connectivity index (χ0) is 26.2. The van der Waals surface area contributed by atoms with E-state index < -0.39 is 17.4 Å². The molecule has 37 heavy (non-hydrogen) atoms. The van der Waals surface area contributed by atoms with Crippen molar-refractivity contribution in [3.8, 4) is 11.1 Å². The molecule has 6 heteroatoms. The maximum atomic E-state index is 11.7. The molecule has 0 fully saturated rings. The SMILES string of the molecule is O=C(O)Cc1cc(Cl)ccc1CC1(Cc2ccc(Cl)cc2CC(=O)O)c2ccccc2-c2ccccc21. The molecule has 186 valence electrons. The van der Waals surface area contributed by atoms with E-state index in [1.54, 1.807) is 24.3 Å². The summed E-state index contributed by atoms with van der Waals surface area (Å²) in [5.41, 5.74) is 7.08. The largest absolute Gasteiger partial charge is 0.481 e. The minimum atomic E-state index is -0.925. The van der Waals surface area contributed by atoms with E-state index in [0.717, 1.165) is 33.4 Å². The zero-order valence-corrected chi connectivity index (χ0v) is 21.4. The van der Waals surface area contributed by atoms with E-state index in [2.05, 4.69) is 24.3 Å². The fraction of sp³-hybridized carbons (Fsp3) is 0.161. The molecule has 0 aliphatic heterocycles. The molecule has 0 heterocycles. The molecule has 4 aromatic carbocycles. The van der Waals surface area contributed by atoms with Crippen molar-refractivity contribution in [2.75, 3.05) is 0 Å². The summed E-state index contributed by atoms with van der Waals surface area (Å²) in [4.78, 5) is 23.4. The highest BCUT2D eigenvalue weighted by Gasteiger charge is 2.43. The summed E-state index contributed by atoms with van der Waals surface area (Å²) in [5, 5.41) is 20.2. The number of halogens is 2. The van der Waals surface area contributed by atoms with Crippen molar-refractivity contribution in [1.82, 2.24) is 0 Å². The third kappa shape index (κ3) is 4.87. The Kier molecular flexibility index (Phi) is 6.80. The first-order valence-corrected chi connectivity index (χ1v) is 12.7. The van der Waals surface area contributed by atoms with Gasteiger partial charge in [-0.15, -0.1) is 0 Å². The molecule has 1 aliphatic rings. The van der Waals surface area contributed by atoms with Gasteiger partial charge in [0.05, 0.1) is 12.8 Å². The molecular formula is C31H24Cl2O4. The number of hydrogen-bond donors (Lipinski definition) is 2. The molecule has 4 nitrogen and oxygen atoms in total. The van der Waals surface area contributed by atoms with Gasteiger partial charge in [-0.1, -0.05) is 83.9 Å². The summed E-state index contributed by atoms with van der Waals surface area (Å²) < 4.78 is 0. The Bertz CT molecular complexity index is 1410. The summed E-state index contributed by atoms with van der Waals surface area (Å²) >= 11 is 12.5. The molecule has 0 amide bonds. The smallest absolute Gasteiger partial charge is 0.307 e. The minimum absolute atomic E-state index is 0.138. The predicted octanol–water partition coefficient (Wildman–Crippen LogP) is 7.00. The summed E-state index contributed by atoms with van der Waals surface area (Å²) in [6, 6.07) is 27.4. The van der Waals surface area contributed by atoms with E-state index in [1.807, 2.05) is 36.4 Å². The van der Waals surface area contributed by atoms with Gasteiger partial charge in [-0.2, -0.15) is 0 Å². The molecule has 0 aromatic heterocycles. The Morgan fingerprint density at radius 2 is 1.00 bits per heavy atom. The van der Waals surface area contributed by atoms with Crippen LogP contribution in [0.1, 0.15) is 33.4 Å². The number of carboxylic acids is 2. The average Bonchev–Trinajstić information content (AvgIpc) is 3.12. The van der Waals surface area contributed by atoms with Gasteiger partial charge in [0.2, 0.25) is 0 Å². The Morgan fingerprint density at radius 1 is 0.595 bits per heavy atom. The van der Waals surface area contributed by atoms with Crippen LogP contribution in [0.5, 0.6) is 0 Å². The Labute approximate surface area is 225 Å². The van der Waals surface area contributed by atoms with E-state index in [9.17, 15) is 19.8 Å². The third-order valence-corrected chi connectivity index (χ3v) is 7.65. The number of benzene rings is 4. The molecule has 0 atom stereocenters. The maximum Gasteiger partial charge on any atom is 0.307 e. The lowest BCUT2D eigenvalue weighted by Gasteiger charge is -2.34. The first-order chi connectivity index (χ1) is 17.8. The van der Waals surface area contributed by atoms with Gasteiger partial charge < -0.3 is 10.2 Å². The number of carbonyl (C=O) groups is 2. The van der Waals surface area contributed by atoms with Crippen LogP contribution in [-0.2, 0) is 40.7 Å². The number of rotatable bonds is 8. The highest BCUT2D eigenvalue weighted by molar-refractivity contribution is 6.31. The lowest BCUT2D eigenvalue weighted by molar-refractivity contribution is -0.137. The van der Waals surface area contributed by atoms with Gasteiger partial charge >= 0.3 is 11.9 Å². The van der Waals surface area contributed by atoms with Crippen LogP contribution >= 0.6 is 23.2 Å². The van der Waals surface area contributed by atoms with Crippen LogP contribution in [0.4, 0.5) is 0 Å². The van der Waals surface area contributed by atoms with Crippen molar-refractivity contribution in [2.45, 2.75) is 31.1 Å². The van der Waals surface area contributed by atoms with E-state index in [-0.39, 0.29) is 12.8 Å². The summed E-state index contributed by atoms with van der Waals surface area (Å²) in [6.07, 6.45) is 0.771. The average molecular weight is 531 g/mol. The molecule has 0 saturated heterocycles. The van der Waals surface area contributed by atoms with Crippen molar-refractivity contribution in [2.24, 2.45) is 0 Å². The van der Waals surface area contributed by atoms with Crippen molar-refractivity contribution < 1.29 is 19.8 Å². The molecule has 4 aromatic rings. The Hall–Kier alpha value is -3.60. The number of hydrogen-bond acceptors (Lipinski definition) is 2. The third-order valence-electron chi connectivity index (χ3n) is 7.18. The standard InChI is InChI=1S/C31H24Cl2O4/c32-23-11-9-19(21(13-23)15-29(34)35)17-31(18-20-10-12-24(33)14-22(20)16-30(36)37)27-7-3-1-5-25(27)26-6-2-4-8-28(26)31/h1-14H,15-18H2,(H,34,35)(H,36,37). The predicted molar refractivity (Wildman–Crippen MR) is 146 cm³/mol. The van der Waals surface area contributed by atoms with Crippen LogP contribution in [0, 0.1) is 0 Å². The van der Waals surface area contributed by atoms with Crippen molar-refractivity contribution in [3.05, 3.63) is 128 Å². The van der Waals surface area contributed by atoms with Crippen molar-refractivity contribution >= 4 is 35.1 Å². The van der Waals surface area contributed by atoms with Crippen molar-refractivity contribution in [3.63, 3.8) is 0 Å². The highest BCUT2D eigenvalue weighted by atomic mass is 35.5. The maximum absolute atomic E-state index is 11.7. The van der Waals surface area contributed by atoms with Gasteiger partial charge in [0, 0.05) is 15.5 Å². The Balaban J connectivity index is 1.74. The van der Waals surface area contributed by atoms with Gasteiger partial charge in [-0.25, -0.2) is 0 Å². The second-order valence-corrected chi connectivity index (χ2v) is 10.4. The van der Waals surface area contributed by atoms with E-state index in [0.29, 0.717) is 34.0 Å². The molecule has 0 bridgehead atoms. The van der Waals surface area contributed by atoms with Crippen molar-refractivity contribution in [1.29, 1.82) is 0 Å². The fourth-order valence-electron chi connectivity index (χ4n) is 5.70. The van der Waals surface area contributed by atoms with Crippen LogP contribution < -0.4 is 0 Å².